The van der Waals surface area contributed by atoms with E-state index in [1.165, 1.54) is 6.07 Å². The molecule has 0 saturated carbocycles. The van der Waals surface area contributed by atoms with Crippen LogP contribution in [-0.2, 0) is 6.18 Å². The summed E-state index contributed by atoms with van der Waals surface area (Å²) in [6, 6.07) is 4.72. The van der Waals surface area contributed by atoms with E-state index in [9.17, 15) is 13.2 Å². The second-order valence-corrected chi connectivity index (χ2v) is 6.05. The smallest absolute Gasteiger partial charge is 0.368 e. The molecule has 0 aliphatic carbocycles. The van der Waals surface area contributed by atoms with Gasteiger partial charge in [0.15, 0.2) is 0 Å². The van der Waals surface area contributed by atoms with Crippen LogP contribution in [-0.4, -0.2) is 25.7 Å². The van der Waals surface area contributed by atoms with Crippen molar-refractivity contribution < 1.29 is 13.2 Å². The second kappa shape index (κ2) is 6.05. The molecule has 0 spiro atoms. The molecule has 1 aliphatic rings. The van der Waals surface area contributed by atoms with Crippen molar-refractivity contribution in [2.75, 3.05) is 18.5 Å². The number of hydrogen-bond donors (Lipinski definition) is 1. The average molecular weight is 321 g/mol. The van der Waals surface area contributed by atoms with Crippen LogP contribution in [0.4, 0.5) is 18.9 Å². The molecule has 0 aromatic heterocycles. The molecule has 21 heavy (non-hydrogen) atoms. The summed E-state index contributed by atoms with van der Waals surface area (Å²) >= 11 is 5.68. The number of nitrogens with one attached hydrogen (secondary N) is 1. The zero-order valence-electron chi connectivity index (χ0n) is 12.3. The molecule has 2 rings (SSSR count). The summed E-state index contributed by atoms with van der Waals surface area (Å²) in [6.07, 6.45) is -3.52. The SMILES string of the molecule is CNC1CCN(c2ccc(Cl)c(C(F)(F)F)c2)C(C)C1C. The molecule has 0 amide bonds. The molecule has 118 valence electrons. The van der Waals surface area contributed by atoms with Gasteiger partial charge in [-0.25, -0.2) is 0 Å². The van der Waals surface area contributed by atoms with Gasteiger partial charge in [0, 0.05) is 24.3 Å². The highest BCUT2D eigenvalue weighted by atomic mass is 35.5. The van der Waals surface area contributed by atoms with Crippen molar-refractivity contribution in [2.24, 2.45) is 5.92 Å². The first kappa shape index (κ1) is 16.4. The highest BCUT2D eigenvalue weighted by Crippen LogP contribution is 2.38. The number of hydrogen-bond acceptors (Lipinski definition) is 2. The minimum Gasteiger partial charge on any atom is -0.368 e. The summed E-state index contributed by atoms with van der Waals surface area (Å²) in [5.41, 5.74) is -0.183. The molecule has 1 aromatic carbocycles. The van der Waals surface area contributed by atoms with Gasteiger partial charge in [-0.3, -0.25) is 0 Å². The third kappa shape index (κ3) is 3.29. The van der Waals surface area contributed by atoms with Crippen molar-refractivity contribution in [3.63, 3.8) is 0 Å². The molecule has 3 atom stereocenters. The van der Waals surface area contributed by atoms with Gasteiger partial charge in [0.2, 0.25) is 0 Å². The predicted molar refractivity (Wildman–Crippen MR) is 79.9 cm³/mol. The molecular formula is C15H20ClF3N2. The van der Waals surface area contributed by atoms with Gasteiger partial charge in [0.1, 0.15) is 0 Å². The molecule has 6 heteroatoms. The van der Waals surface area contributed by atoms with E-state index in [2.05, 4.69) is 19.2 Å². The lowest BCUT2D eigenvalue weighted by Crippen LogP contribution is -2.52. The van der Waals surface area contributed by atoms with E-state index >= 15 is 0 Å². The van der Waals surface area contributed by atoms with Crippen LogP contribution in [0.3, 0.4) is 0 Å². The van der Waals surface area contributed by atoms with Crippen LogP contribution in [0.25, 0.3) is 0 Å². The molecule has 0 bridgehead atoms. The molecular weight excluding hydrogens is 301 g/mol. The van der Waals surface area contributed by atoms with Gasteiger partial charge < -0.3 is 10.2 Å². The van der Waals surface area contributed by atoms with Crippen LogP contribution < -0.4 is 10.2 Å². The van der Waals surface area contributed by atoms with Crippen LogP contribution in [0, 0.1) is 5.92 Å². The van der Waals surface area contributed by atoms with E-state index in [4.69, 9.17) is 11.6 Å². The van der Waals surface area contributed by atoms with E-state index in [0.29, 0.717) is 17.6 Å². The van der Waals surface area contributed by atoms with E-state index in [0.717, 1.165) is 19.0 Å². The van der Waals surface area contributed by atoms with Crippen molar-refractivity contribution >= 4 is 17.3 Å². The maximum absolute atomic E-state index is 13.0. The summed E-state index contributed by atoms with van der Waals surface area (Å²) in [4.78, 5) is 2.03. The Balaban J connectivity index is 2.31. The van der Waals surface area contributed by atoms with Gasteiger partial charge in [0.25, 0.3) is 0 Å². The quantitative estimate of drug-likeness (QED) is 0.879. The van der Waals surface area contributed by atoms with Crippen LogP contribution in [0.1, 0.15) is 25.8 Å². The van der Waals surface area contributed by atoms with Crippen molar-refractivity contribution in [2.45, 2.75) is 38.5 Å². The lowest BCUT2D eigenvalue weighted by atomic mass is 9.86. The molecule has 1 aromatic rings. The average Bonchev–Trinajstić information content (AvgIpc) is 2.41. The Kier molecular flexibility index (Phi) is 4.73. The highest BCUT2D eigenvalue weighted by Gasteiger charge is 2.36. The summed E-state index contributed by atoms with van der Waals surface area (Å²) in [6.45, 7) is 4.91. The van der Waals surface area contributed by atoms with Gasteiger partial charge in [-0.2, -0.15) is 13.2 Å². The largest absolute Gasteiger partial charge is 0.417 e. The molecule has 2 nitrogen and oxygen atoms in total. The van der Waals surface area contributed by atoms with Crippen molar-refractivity contribution in [3.8, 4) is 0 Å². The predicted octanol–water partition coefficient (Wildman–Crippen LogP) is 4.18. The number of anilines is 1. The zero-order valence-corrected chi connectivity index (χ0v) is 13.1. The third-order valence-corrected chi connectivity index (χ3v) is 4.86. The fourth-order valence-corrected chi connectivity index (χ4v) is 3.27. The Morgan fingerprint density at radius 3 is 2.52 bits per heavy atom. The fourth-order valence-electron chi connectivity index (χ4n) is 3.05. The van der Waals surface area contributed by atoms with E-state index in [-0.39, 0.29) is 11.1 Å². The molecule has 3 unspecified atom stereocenters. The molecule has 1 saturated heterocycles. The van der Waals surface area contributed by atoms with Crippen LogP contribution in [0.5, 0.6) is 0 Å². The van der Waals surface area contributed by atoms with Gasteiger partial charge >= 0.3 is 6.18 Å². The minimum atomic E-state index is -4.43. The first-order chi connectivity index (χ1) is 9.75. The normalized spacial score (nSPS) is 27.0. The van der Waals surface area contributed by atoms with Gasteiger partial charge in [-0.15, -0.1) is 0 Å². The van der Waals surface area contributed by atoms with Crippen LogP contribution >= 0.6 is 11.6 Å². The van der Waals surface area contributed by atoms with E-state index < -0.39 is 11.7 Å². The maximum Gasteiger partial charge on any atom is 0.417 e. The molecule has 1 fully saturated rings. The topological polar surface area (TPSA) is 15.3 Å². The number of nitrogens with zero attached hydrogens (tertiary/aromatic N) is 1. The lowest BCUT2D eigenvalue weighted by Gasteiger charge is -2.44. The van der Waals surface area contributed by atoms with Gasteiger partial charge in [-0.05, 0) is 44.5 Å². The molecule has 1 aliphatic heterocycles. The third-order valence-electron chi connectivity index (χ3n) is 4.53. The first-order valence-electron chi connectivity index (χ1n) is 7.06. The molecule has 0 radical (unpaired) electrons. The number of benzene rings is 1. The van der Waals surface area contributed by atoms with Crippen molar-refractivity contribution in [1.29, 1.82) is 0 Å². The standard InChI is InChI=1S/C15H20ClF3N2/c1-9-10(2)21(7-6-14(9)20-3)11-4-5-13(16)12(8-11)15(17,18)19/h4-5,8-10,14,20H,6-7H2,1-3H3. The number of piperidine rings is 1. The van der Waals surface area contributed by atoms with Crippen molar-refractivity contribution in [1.82, 2.24) is 5.32 Å². The lowest BCUT2D eigenvalue weighted by molar-refractivity contribution is -0.137. The Bertz CT molecular complexity index is 504. The van der Waals surface area contributed by atoms with Gasteiger partial charge in [0.05, 0.1) is 10.6 Å². The van der Waals surface area contributed by atoms with Crippen LogP contribution in [0.2, 0.25) is 5.02 Å². The second-order valence-electron chi connectivity index (χ2n) is 5.64. The van der Waals surface area contributed by atoms with Crippen molar-refractivity contribution in [3.05, 3.63) is 28.8 Å². The van der Waals surface area contributed by atoms with E-state index in [1.807, 2.05) is 11.9 Å². The highest BCUT2D eigenvalue weighted by molar-refractivity contribution is 6.31. The molecule has 1 N–H and O–H groups in total. The van der Waals surface area contributed by atoms with Gasteiger partial charge in [-0.1, -0.05) is 18.5 Å². The monoisotopic (exact) mass is 320 g/mol. The Morgan fingerprint density at radius 1 is 1.29 bits per heavy atom. The summed E-state index contributed by atoms with van der Waals surface area (Å²) in [5, 5.41) is 3.02. The maximum atomic E-state index is 13.0. The Labute approximate surface area is 128 Å². The van der Waals surface area contributed by atoms with Crippen LogP contribution in [0.15, 0.2) is 18.2 Å². The summed E-state index contributed by atoms with van der Waals surface area (Å²) in [7, 11) is 1.92. The minimum absolute atomic E-state index is 0.165. The first-order valence-corrected chi connectivity index (χ1v) is 7.44. The Hall–Kier alpha value is -0.940. The molecule has 1 heterocycles. The number of alkyl halides is 3. The van der Waals surface area contributed by atoms with E-state index in [1.54, 1.807) is 6.07 Å². The summed E-state index contributed by atoms with van der Waals surface area (Å²) in [5.74, 6) is 0.355. The Morgan fingerprint density at radius 2 is 1.95 bits per heavy atom. The number of halogens is 4. The summed E-state index contributed by atoms with van der Waals surface area (Å²) < 4.78 is 38.9. The fraction of sp³-hybridized carbons (Fsp3) is 0.600. The number of rotatable bonds is 2. The zero-order chi connectivity index (χ0) is 15.8.